The van der Waals surface area contributed by atoms with Gasteiger partial charge in [-0.3, -0.25) is 9.55 Å². The predicted octanol–water partition coefficient (Wildman–Crippen LogP) is 0.715. The van der Waals surface area contributed by atoms with Crippen LogP contribution in [0.25, 0.3) is 0 Å². The first kappa shape index (κ1) is 12.6. The second-order valence-electron chi connectivity index (χ2n) is 3.49. The number of H-pyrrole nitrogens is 1. The van der Waals surface area contributed by atoms with Gasteiger partial charge in [-0.25, -0.2) is 14.9 Å². The van der Waals surface area contributed by atoms with Gasteiger partial charge in [0.25, 0.3) is 0 Å². The second kappa shape index (κ2) is 5.67. The van der Waals surface area contributed by atoms with Crippen LogP contribution in [0.15, 0.2) is 22.3 Å². The maximum absolute atomic E-state index is 11.4. The van der Waals surface area contributed by atoms with Crippen molar-refractivity contribution < 1.29 is 0 Å². The lowest BCUT2D eigenvalue weighted by molar-refractivity contribution is 0.660. The summed E-state index contributed by atoms with van der Waals surface area (Å²) >= 11 is 1.46. The predicted molar refractivity (Wildman–Crippen MR) is 69.7 cm³/mol. The lowest BCUT2D eigenvalue weighted by Gasteiger charge is -2.02. The van der Waals surface area contributed by atoms with Gasteiger partial charge in [-0.2, -0.15) is 0 Å². The van der Waals surface area contributed by atoms with Crippen LogP contribution in [0.1, 0.15) is 12.6 Å². The van der Waals surface area contributed by atoms with Crippen molar-refractivity contribution in [3.05, 3.63) is 28.6 Å². The van der Waals surface area contributed by atoms with Gasteiger partial charge in [-0.15, -0.1) is 5.10 Å². The summed E-state index contributed by atoms with van der Waals surface area (Å²) in [6, 6.07) is 0. The number of rotatable bonds is 5. The van der Waals surface area contributed by atoms with Gasteiger partial charge in [0.1, 0.15) is 5.82 Å². The van der Waals surface area contributed by atoms with Gasteiger partial charge in [0.2, 0.25) is 0 Å². The smallest absolute Gasteiger partial charge is 0.343 e. The molecule has 0 unspecified atom stereocenters. The maximum atomic E-state index is 11.4. The first-order chi connectivity index (χ1) is 8.74. The van der Waals surface area contributed by atoms with Crippen LogP contribution in [0.5, 0.6) is 0 Å². The topological polar surface area (TPSA) is 88.5 Å². The standard InChI is InChI=1S/C10H14N6OS/c1-3-16-9(17)14-15-10(16)18-6-7-4-13-8(11-2)5-12-7/h4-5H,3,6H2,1-2H3,(H,11,13)(H,14,17). The average molecular weight is 266 g/mol. The van der Waals surface area contributed by atoms with Gasteiger partial charge in [-0.05, 0) is 6.92 Å². The number of nitrogens with one attached hydrogen (secondary N) is 2. The zero-order chi connectivity index (χ0) is 13.0. The summed E-state index contributed by atoms with van der Waals surface area (Å²) in [7, 11) is 1.79. The van der Waals surface area contributed by atoms with Crippen molar-refractivity contribution in [2.45, 2.75) is 24.4 Å². The number of hydrogen-bond donors (Lipinski definition) is 2. The molecular weight excluding hydrogens is 252 g/mol. The lowest BCUT2D eigenvalue weighted by Crippen LogP contribution is -2.16. The molecule has 0 saturated carbocycles. The summed E-state index contributed by atoms with van der Waals surface area (Å²) in [5, 5.41) is 9.97. The molecular formula is C10H14N6OS. The van der Waals surface area contributed by atoms with E-state index in [1.54, 1.807) is 24.0 Å². The van der Waals surface area contributed by atoms with Crippen molar-refractivity contribution in [2.75, 3.05) is 12.4 Å². The van der Waals surface area contributed by atoms with Crippen LogP contribution in [0.2, 0.25) is 0 Å². The van der Waals surface area contributed by atoms with Crippen molar-refractivity contribution in [2.24, 2.45) is 0 Å². The molecule has 8 heteroatoms. The third kappa shape index (κ3) is 2.70. The molecule has 0 aliphatic heterocycles. The van der Waals surface area contributed by atoms with Crippen LogP contribution < -0.4 is 11.0 Å². The van der Waals surface area contributed by atoms with Crippen LogP contribution >= 0.6 is 11.8 Å². The number of aromatic nitrogens is 5. The highest BCUT2D eigenvalue weighted by molar-refractivity contribution is 7.98. The normalized spacial score (nSPS) is 10.6. The number of thioether (sulfide) groups is 1. The van der Waals surface area contributed by atoms with Gasteiger partial charge in [-0.1, -0.05) is 11.8 Å². The fourth-order valence-electron chi connectivity index (χ4n) is 1.39. The van der Waals surface area contributed by atoms with Gasteiger partial charge < -0.3 is 5.32 Å². The minimum atomic E-state index is -0.184. The summed E-state index contributed by atoms with van der Waals surface area (Å²) in [6.07, 6.45) is 3.38. The molecule has 2 N–H and O–H groups in total. The van der Waals surface area contributed by atoms with Crippen molar-refractivity contribution in [1.82, 2.24) is 24.7 Å². The molecule has 18 heavy (non-hydrogen) atoms. The third-order valence-corrected chi connectivity index (χ3v) is 3.36. The zero-order valence-electron chi connectivity index (χ0n) is 10.2. The van der Waals surface area contributed by atoms with E-state index in [1.165, 1.54) is 11.8 Å². The molecule has 0 bridgehead atoms. The average Bonchev–Trinajstić information content (AvgIpc) is 2.77. The van der Waals surface area contributed by atoms with E-state index in [4.69, 9.17) is 0 Å². The Hall–Kier alpha value is -1.83. The molecule has 2 aromatic rings. The van der Waals surface area contributed by atoms with Crippen LogP contribution in [-0.2, 0) is 12.3 Å². The Bertz CT molecular complexity index is 560. The molecule has 0 aliphatic carbocycles. The van der Waals surface area contributed by atoms with E-state index < -0.39 is 0 Å². The van der Waals surface area contributed by atoms with Crippen LogP contribution in [0, 0.1) is 0 Å². The Morgan fingerprint density at radius 1 is 1.44 bits per heavy atom. The molecule has 2 rings (SSSR count). The maximum Gasteiger partial charge on any atom is 0.343 e. The van der Waals surface area contributed by atoms with Crippen molar-refractivity contribution in [1.29, 1.82) is 0 Å². The molecule has 0 fully saturated rings. The quantitative estimate of drug-likeness (QED) is 0.775. The van der Waals surface area contributed by atoms with Gasteiger partial charge in [0, 0.05) is 19.3 Å². The minimum absolute atomic E-state index is 0.184. The number of anilines is 1. The lowest BCUT2D eigenvalue weighted by atomic mass is 10.5. The molecule has 0 amide bonds. The molecule has 0 spiro atoms. The molecule has 0 aromatic carbocycles. The van der Waals surface area contributed by atoms with Crippen molar-refractivity contribution in [3.63, 3.8) is 0 Å². The Labute approximate surface area is 108 Å². The highest BCUT2D eigenvalue weighted by Crippen LogP contribution is 2.18. The van der Waals surface area contributed by atoms with E-state index in [9.17, 15) is 4.79 Å². The Morgan fingerprint density at radius 2 is 2.28 bits per heavy atom. The largest absolute Gasteiger partial charge is 0.372 e. The molecule has 2 aromatic heterocycles. The van der Waals surface area contributed by atoms with E-state index >= 15 is 0 Å². The van der Waals surface area contributed by atoms with Gasteiger partial charge >= 0.3 is 5.69 Å². The highest BCUT2D eigenvalue weighted by Gasteiger charge is 2.07. The van der Waals surface area contributed by atoms with Crippen molar-refractivity contribution in [3.8, 4) is 0 Å². The summed E-state index contributed by atoms with van der Waals surface area (Å²) in [6.45, 7) is 2.50. The van der Waals surface area contributed by atoms with Crippen molar-refractivity contribution >= 4 is 17.6 Å². The minimum Gasteiger partial charge on any atom is -0.372 e. The molecule has 0 saturated heterocycles. The SMILES string of the molecule is CCn1c(SCc2cnc(NC)cn2)n[nH]c1=O. The van der Waals surface area contributed by atoms with Gasteiger partial charge in [0.05, 0.1) is 18.1 Å². The molecule has 7 nitrogen and oxygen atoms in total. The van der Waals surface area contributed by atoms with E-state index in [0.29, 0.717) is 17.5 Å². The Balaban J connectivity index is 2.04. The van der Waals surface area contributed by atoms with Crippen LogP contribution in [-0.4, -0.2) is 31.8 Å². The molecule has 96 valence electrons. The molecule has 0 aliphatic rings. The number of nitrogens with zero attached hydrogens (tertiary/aromatic N) is 4. The van der Waals surface area contributed by atoms with Gasteiger partial charge in [0.15, 0.2) is 5.16 Å². The summed E-state index contributed by atoms with van der Waals surface area (Å²) in [4.78, 5) is 19.8. The fourth-order valence-corrected chi connectivity index (χ4v) is 2.29. The first-order valence-electron chi connectivity index (χ1n) is 5.51. The fraction of sp³-hybridized carbons (Fsp3) is 0.400. The third-order valence-electron chi connectivity index (χ3n) is 2.35. The second-order valence-corrected chi connectivity index (χ2v) is 4.43. The van der Waals surface area contributed by atoms with E-state index in [-0.39, 0.29) is 5.69 Å². The molecule has 0 radical (unpaired) electrons. The highest BCUT2D eigenvalue weighted by atomic mass is 32.2. The molecule has 2 heterocycles. The summed E-state index contributed by atoms with van der Waals surface area (Å²) in [5.41, 5.74) is 0.661. The zero-order valence-corrected chi connectivity index (χ0v) is 11.0. The van der Waals surface area contributed by atoms with E-state index in [2.05, 4.69) is 25.5 Å². The first-order valence-corrected chi connectivity index (χ1v) is 6.49. The monoisotopic (exact) mass is 266 g/mol. The van der Waals surface area contributed by atoms with E-state index in [0.717, 1.165) is 11.5 Å². The summed E-state index contributed by atoms with van der Waals surface area (Å²) < 4.78 is 1.58. The number of hydrogen-bond acceptors (Lipinski definition) is 6. The van der Waals surface area contributed by atoms with Crippen LogP contribution in [0.3, 0.4) is 0 Å². The molecule has 0 atom stereocenters. The van der Waals surface area contributed by atoms with E-state index in [1.807, 2.05) is 6.92 Å². The number of aromatic amines is 1. The van der Waals surface area contributed by atoms with Crippen LogP contribution in [0.4, 0.5) is 5.82 Å². The Kier molecular flexibility index (Phi) is 3.98. The summed E-state index contributed by atoms with van der Waals surface area (Å²) in [5.74, 6) is 1.36. The Morgan fingerprint density at radius 3 is 2.89 bits per heavy atom.